The molecule has 7 nitrogen and oxygen atoms in total. The van der Waals surface area contributed by atoms with E-state index in [0.29, 0.717) is 23.8 Å². The quantitative estimate of drug-likeness (QED) is 0.775. The second kappa shape index (κ2) is 6.93. The molecule has 120 valence electrons. The van der Waals surface area contributed by atoms with E-state index in [-0.39, 0.29) is 18.4 Å². The molecule has 0 aromatic carbocycles. The number of hydrogen-bond acceptors (Lipinski definition) is 4. The summed E-state index contributed by atoms with van der Waals surface area (Å²) in [5.41, 5.74) is 1.44. The highest BCUT2D eigenvalue weighted by Gasteiger charge is 2.29. The summed E-state index contributed by atoms with van der Waals surface area (Å²) in [4.78, 5) is 24.2. The van der Waals surface area contributed by atoms with E-state index < -0.39 is 0 Å². The van der Waals surface area contributed by atoms with Gasteiger partial charge in [-0.3, -0.25) is 14.3 Å². The third-order valence-electron chi connectivity index (χ3n) is 3.43. The van der Waals surface area contributed by atoms with Crippen molar-refractivity contribution in [1.29, 1.82) is 0 Å². The maximum Gasteiger partial charge on any atom is 0.267 e. The number of halogens is 1. The van der Waals surface area contributed by atoms with E-state index in [1.807, 2.05) is 6.92 Å². The van der Waals surface area contributed by atoms with Crippen LogP contribution in [0, 0.1) is 6.92 Å². The fraction of sp³-hybridized carbons (Fsp3) is 0.500. The van der Waals surface area contributed by atoms with E-state index in [9.17, 15) is 9.59 Å². The number of methoxy groups -OCH3 is 1. The van der Waals surface area contributed by atoms with Crippen LogP contribution in [0.1, 0.15) is 17.7 Å². The Morgan fingerprint density at radius 3 is 2.64 bits per heavy atom. The summed E-state index contributed by atoms with van der Waals surface area (Å²) in [6.45, 7) is 2.81. The van der Waals surface area contributed by atoms with Gasteiger partial charge < -0.3 is 4.74 Å². The Morgan fingerprint density at radius 1 is 1.36 bits per heavy atom. The third-order valence-corrected chi connectivity index (χ3v) is 3.88. The van der Waals surface area contributed by atoms with Crippen LogP contribution in [0.15, 0.2) is 6.08 Å². The maximum atomic E-state index is 12.3. The predicted octanol–water partition coefficient (Wildman–Crippen LogP) is 1.02. The SMILES string of the molecule is COCC(=O)N1CCCN1C(=O)C=Cc1c(C)nn(C)c1Cl. The summed E-state index contributed by atoms with van der Waals surface area (Å²) in [5.74, 6) is -0.487. The summed E-state index contributed by atoms with van der Waals surface area (Å²) >= 11 is 6.12. The van der Waals surface area contributed by atoms with Crippen LogP contribution in [-0.4, -0.2) is 58.4 Å². The van der Waals surface area contributed by atoms with Crippen LogP contribution < -0.4 is 0 Å². The summed E-state index contributed by atoms with van der Waals surface area (Å²) in [6.07, 6.45) is 3.79. The normalized spacial score (nSPS) is 15.1. The molecule has 0 spiro atoms. The topological polar surface area (TPSA) is 67.7 Å². The first-order valence-corrected chi connectivity index (χ1v) is 7.31. The van der Waals surface area contributed by atoms with Crippen LogP contribution >= 0.6 is 11.6 Å². The molecular formula is C14H19ClN4O3. The molecule has 0 bridgehead atoms. The number of aryl methyl sites for hydroxylation is 2. The minimum Gasteiger partial charge on any atom is -0.375 e. The highest BCUT2D eigenvalue weighted by Crippen LogP contribution is 2.20. The van der Waals surface area contributed by atoms with Crippen molar-refractivity contribution >= 4 is 29.5 Å². The molecule has 0 radical (unpaired) electrons. The molecule has 2 amide bonds. The average molecular weight is 327 g/mol. The van der Waals surface area contributed by atoms with Gasteiger partial charge >= 0.3 is 0 Å². The number of aromatic nitrogens is 2. The molecule has 1 aliphatic heterocycles. The van der Waals surface area contributed by atoms with Crippen LogP contribution in [0.5, 0.6) is 0 Å². The Morgan fingerprint density at radius 2 is 2.05 bits per heavy atom. The number of hydrazine groups is 1. The van der Waals surface area contributed by atoms with Crippen molar-refractivity contribution in [1.82, 2.24) is 19.8 Å². The van der Waals surface area contributed by atoms with Crippen LogP contribution in [0.4, 0.5) is 0 Å². The van der Waals surface area contributed by atoms with Gasteiger partial charge in [0.15, 0.2) is 0 Å². The van der Waals surface area contributed by atoms with Gasteiger partial charge in [-0.1, -0.05) is 11.6 Å². The second-order valence-electron chi connectivity index (χ2n) is 5.01. The van der Waals surface area contributed by atoms with Crippen LogP contribution in [0.3, 0.4) is 0 Å². The summed E-state index contributed by atoms with van der Waals surface area (Å²) in [5, 5.41) is 7.50. The lowest BCUT2D eigenvalue weighted by atomic mass is 10.2. The minimum atomic E-state index is -0.263. The molecule has 0 N–H and O–H groups in total. The largest absolute Gasteiger partial charge is 0.375 e. The van der Waals surface area contributed by atoms with E-state index in [0.717, 1.165) is 12.1 Å². The standard InChI is InChI=1S/C14H19ClN4O3/c1-10-11(14(15)17(2)16-10)5-6-12(20)18-7-4-8-19(18)13(21)9-22-3/h5-6H,4,7-9H2,1-3H3. The van der Waals surface area contributed by atoms with Crippen LogP contribution in [0.2, 0.25) is 5.15 Å². The van der Waals surface area contributed by atoms with Crippen molar-refractivity contribution in [2.24, 2.45) is 7.05 Å². The number of nitrogens with zero attached hydrogens (tertiary/aromatic N) is 4. The van der Waals surface area contributed by atoms with E-state index in [1.54, 1.807) is 17.8 Å². The van der Waals surface area contributed by atoms with E-state index in [1.165, 1.54) is 23.2 Å². The highest BCUT2D eigenvalue weighted by atomic mass is 35.5. The van der Waals surface area contributed by atoms with Crippen molar-refractivity contribution in [3.8, 4) is 0 Å². The lowest BCUT2D eigenvalue weighted by molar-refractivity contribution is -0.157. The first-order valence-electron chi connectivity index (χ1n) is 6.93. The van der Waals surface area contributed by atoms with Gasteiger partial charge in [0.1, 0.15) is 11.8 Å². The molecule has 0 aliphatic carbocycles. The zero-order chi connectivity index (χ0) is 16.3. The first-order chi connectivity index (χ1) is 10.5. The van der Waals surface area contributed by atoms with E-state index in [4.69, 9.17) is 16.3 Å². The molecule has 0 unspecified atom stereocenters. The number of carbonyl (C=O) groups excluding carboxylic acids is 2. The predicted molar refractivity (Wildman–Crippen MR) is 81.9 cm³/mol. The molecule has 1 aromatic heterocycles. The number of ether oxygens (including phenoxy) is 1. The monoisotopic (exact) mass is 326 g/mol. The van der Waals surface area contributed by atoms with Gasteiger partial charge in [-0.05, 0) is 19.4 Å². The Balaban J connectivity index is 2.11. The molecule has 2 heterocycles. The smallest absolute Gasteiger partial charge is 0.267 e. The van der Waals surface area contributed by atoms with Gasteiger partial charge in [0.25, 0.3) is 11.8 Å². The van der Waals surface area contributed by atoms with Gasteiger partial charge in [-0.2, -0.15) is 5.10 Å². The van der Waals surface area contributed by atoms with Gasteiger partial charge in [-0.15, -0.1) is 0 Å². The van der Waals surface area contributed by atoms with Crippen molar-refractivity contribution in [2.75, 3.05) is 26.8 Å². The molecule has 0 atom stereocenters. The van der Waals surface area contributed by atoms with Crippen LogP contribution in [-0.2, 0) is 21.4 Å². The van der Waals surface area contributed by atoms with Crippen LogP contribution in [0.25, 0.3) is 6.08 Å². The Bertz CT molecular complexity index is 611. The summed E-state index contributed by atoms with van der Waals surface area (Å²) in [7, 11) is 3.19. The zero-order valence-corrected chi connectivity index (χ0v) is 13.6. The number of amides is 2. The average Bonchev–Trinajstić information content (AvgIpc) is 3.04. The number of carbonyl (C=O) groups is 2. The van der Waals surface area contributed by atoms with Gasteiger partial charge in [-0.25, -0.2) is 10.0 Å². The molecule has 1 aliphatic rings. The fourth-order valence-electron chi connectivity index (χ4n) is 2.37. The summed E-state index contributed by atoms with van der Waals surface area (Å²) < 4.78 is 6.38. The molecule has 8 heteroatoms. The number of hydrogen-bond donors (Lipinski definition) is 0. The molecule has 1 aromatic rings. The zero-order valence-electron chi connectivity index (χ0n) is 12.9. The lowest BCUT2D eigenvalue weighted by Gasteiger charge is -2.26. The Labute approximate surface area is 134 Å². The van der Waals surface area contributed by atoms with Crippen molar-refractivity contribution in [3.63, 3.8) is 0 Å². The van der Waals surface area contributed by atoms with Gasteiger partial charge in [0.2, 0.25) is 0 Å². The second-order valence-corrected chi connectivity index (χ2v) is 5.37. The van der Waals surface area contributed by atoms with Crippen molar-refractivity contribution < 1.29 is 14.3 Å². The molecule has 22 heavy (non-hydrogen) atoms. The first kappa shape index (κ1) is 16.5. The van der Waals surface area contributed by atoms with E-state index in [2.05, 4.69) is 5.10 Å². The molecule has 1 fully saturated rings. The third kappa shape index (κ3) is 3.31. The Kier molecular flexibility index (Phi) is 5.20. The van der Waals surface area contributed by atoms with Gasteiger partial charge in [0.05, 0.1) is 5.69 Å². The Hall–Kier alpha value is -1.86. The minimum absolute atomic E-state index is 0.0406. The number of rotatable bonds is 4. The van der Waals surface area contributed by atoms with Crippen molar-refractivity contribution in [3.05, 3.63) is 22.5 Å². The molecule has 1 saturated heterocycles. The lowest BCUT2D eigenvalue weighted by Crippen LogP contribution is -2.45. The molecular weight excluding hydrogens is 308 g/mol. The molecule has 2 rings (SSSR count). The van der Waals surface area contributed by atoms with E-state index >= 15 is 0 Å². The summed E-state index contributed by atoms with van der Waals surface area (Å²) in [6, 6.07) is 0. The van der Waals surface area contributed by atoms with Gasteiger partial charge in [0, 0.05) is 38.9 Å². The molecule has 0 saturated carbocycles. The fourth-order valence-corrected chi connectivity index (χ4v) is 2.61. The highest BCUT2D eigenvalue weighted by molar-refractivity contribution is 6.31. The van der Waals surface area contributed by atoms with Crippen molar-refractivity contribution in [2.45, 2.75) is 13.3 Å². The maximum absolute atomic E-state index is 12.3.